The maximum absolute atomic E-state index is 13.2. The smallest absolute Gasteiger partial charge is 0.378 e. The zero-order valence-electron chi connectivity index (χ0n) is 18.6. The lowest BCUT2D eigenvalue weighted by atomic mass is 10.1. The molecular formula is C23H24F3N5O3. The van der Waals surface area contributed by atoms with Crippen LogP contribution in [-0.4, -0.2) is 73.9 Å². The number of anilines is 2. The number of amides is 2. The van der Waals surface area contributed by atoms with Crippen LogP contribution in [0.1, 0.15) is 15.9 Å². The standard InChI is InChI=1S/C23H24F3N5O3/c1-3-16(20-27-5-4-6-29(20)2)21(32)28-18-11-15-13-31(14-23(24,25)26)22(33)17(15)12-19(18)30-7-9-34-10-8-30/h3-6,11-12H,1,7-10,13-14H2,2H3,(H,28,32)/b20-16+. The Bertz CT molecular complexity index is 1100. The molecule has 0 aromatic heterocycles. The SMILES string of the molecule is C=C/C(C(=O)Nc1cc2c(cc1N1CCOCC1)C(=O)N(CC(F)(F)F)C2)=C1/N=CC=CN1C. The van der Waals surface area contributed by atoms with Crippen molar-refractivity contribution in [2.45, 2.75) is 12.7 Å². The predicted octanol–water partition coefficient (Wildman–Crippen LogP) is 2.91. The Morgan fingerprint density at radius 2 is 2.03 bits per heavy atom. The number of nitrogens with one attached hydrogen (secondary N) is 1. The van der Waals surface area contributed by atoms with E-state index in [1.54, 1.807) is 42.6 Å². The zero-order valence-corrected chi connectivity index (χ0v) is 18.6. The molecule has 0 saturated carbocycles. The highest BCUT2D eigenvalue weighted by atomic mass is 19.4. The van der Waals surface area contributed by atoms with Gasteiger partial charge in [-0.1, -0.05) is 12.7 Å². The lowest BCUT2D eigenvalue weighted by Crippen LogP contribution is -2.37. The van der Waals surface area contributed by atoms with E-state index < -0.39 is 24.5 Å². The molecule has 1 saturated heterocycles. The Hall–Kier alpha value is -3.60. The van der Waals surface area contributed by atoms with Crippen LogP contribution in [0.5, 0.6) is 0 Å². The molecule has 0 unspecified atom stereocenters. The van der Waals surface area contributed by atoms with Gasteiger partial charge in [-0.2, -0.15) is 13.2 Å². The zero-order chi connectivity index (χ0) is 24.5. The summed E-state index contributed by atoms with van der Waals surface area (Å²) in [6.45, 7) is 4.13. The average molecular weight is 475 g/mol. The highest BCUT2D eigenvalue weighted by Crippen LogP contribution is 2.36. The molecule has 1 fully saturated rings. The number of carbonyl (C=O) groups is 2. The fraction of sp³-hybridized carbons (Fsp3) is 0.348. The van der Waals surface area contributed by atoms with Gasteiger partial charge in [0.2, 0.25) is 0 Å². The van der Waals surface area contributed by atoms with E-state index in [4.69, 9.17) is 4.74 Å². The maximum Gasteiger partial charge on any atom is 0.406 e. The molecule has 180 valence electrons. The van der Waals surface area contributed by atoms with Crippen molar-refractivity contribution in [3.8, 4) is 0 Å². The van der Waals surface area contributed by atoms with E-state index in [0.29, 0.717) is 49.1 Å². The highest BCUT2D eigenvalue weighted by Gasteiger charge is 2.38. The van der Waals surface area contributed by atoms with Crippen molar-refractivity contribution >= 4 is 29.4 Å². The molecule has 11 heteroatoms. The molecule has 3 aliphatic heterocycles. The first-order valence-corrected chi connectivity index (χ1v) is 10.7. The van der Waals surface area contributed by atoms with Crippen molar-refractivity contribution in [2.24, 2.45) is 4.99 Å². The van der Waals surface area contributed by atoms with Crippen molar-refractivity contribution in [3.05, 3.63) is 59.6 Å². The summed E-state index contributed by atoms with van der Waals surface area (Å²) in [6, 6.07) is 3.13. The first-order valence-electron chi connectivity index (χ1n) is 10.7. The molecule has 0 radical (unpaired) electrons. The maximum atomic E-state index is 13.2. The van der Waals surface area contributed by atoms with E-state index in [-0.39, 0.29) is 17.7 Å². The predicted molar refractivity (Wildman–Crippen MR) is 122 cm³/mol. The first kappa shape index (κ1) is 23.6. The number of allylic oxidation sites excluding steroid dienone is 1. The summed E-state index contributed by atoms with van der Waals surface area (Å²) >= 11 is 0. The molecule has 0 aliphatic carbocycles. The van der Waals surface area contributed by atoms with Crippen LogP contribution in [0.3, 0.4) is 0 Å². The van der Waals surface area contributed by atoms with Crippen LogP contribution in [0.4, 0.5) is 24.5 Å². The quantitative estimate of drug-likeness (QED) is 0.663. The highest BCUT2D eigenvalue weighted by molar-refractivity contribution is 6.09. The number of benzene rings is 1. The summed E-state index contributed by atoms with van der Waals surface area (Å²) in [6.07, 6.45) is 1.92. The van der Waals surface area contributed by atoms with Gasteiger partial charge in [0.1, 0.15) is 12.4 Å². The van der Waals surface area contributed by atoms with Gasteiger partial charge in [-0.25, -0.2) is 4.99 Å². The van der Waals surface area contributed by atoms with E-state index in [1.807, 2.05) is 4.90 Å². The van der Waals surface area contributed by atoms with Gasteiger partial charge in [0.25, 0.3) is 11.8 Å². The number of nitrogens with zero attached hydrogens (tertiary/aromatic N) is 4. The number of hydrogen-bond acceptors (Lipinski definition) is 6. The number of carbonyl (C=O) groups excluding carboxylic acids is 2. The summed E-state index contributed by atoms with van der Waals surface area (Å²) in [5.74, 6) is -0.760. The van der Waals surface area contributed by atoms with Gasteiger partial charge in [-0.05, 0) is 23.8 Å². The molecule has 8 nitrogen and oxygen atoms in total. The molecule has 1 aromatic rings. The van der Waals surface area contributed by atoms with Gasteiger partial charge in [-0.15, -0.1) is 0 Å². The Morgan fingerprint density at radius 1 is 1.29 bits per heavy atom. The third-order valence-corrected chi connectivity index (χ3v) is 5.69. The third-order valence-electron chi connectivity index (χ3n) is 5.69. The van der Waals surface area contributed by atoms with Crippen LogP contribution in [-0.2, 0) is 16.1 Å². The second-order valence-electron chi connectivity index (χ2n) is 8.03. The van der Waals surface area contributed by atoms with E-state index in [9.17, 15) is 22.8 Å². The van der Waals surface area contributed by atoms with Crippen LogP contribution in [0, 0.1) is 0 Å². The number of hydrogen-bond donors (Lipinski definition) is 1. The van der Waals surface area contributed by atoms with Crippen molar-refractivity contribution in [1.82, 2.24) is 9.80 Å². The topological polar surface area (TPSA) is 77.5 Å². The van der Waals surface area contributed by atoms with Crippen LogP contribution < -0.4 is 10.2 Å². The Morgan fingerprint density at radius 3 is 2.68 bits per heavy atom. The molecule has 3 aliphatic rings. The molecule has 34 heavy (non-hydrogen) atoms. The molecule has 0 spiro atoms. The Balaban J connectivity index is 1.70. The van der Waals surface area contributed by atoms with Crippen LogP contribution in [0.2, 0.25) is 0 Å². The number of fused-ring (bicyclic) bond motifs is 1. The number of ether oxygens (including phenoxy) is 1. The van der Waals surface area contributed by atoms with Crippen LogP contribution in [0.25, 0.3) is 0 Å². The van der Waals surface area contributed by atoms with Gasteiger partial charge in [0.15, 0.2) is 0 Å². The molecular weight excluding hydrogens is 451 g/mol. The van der Waals surface area contributed by atoms with Crippen molar-refractivity contribution in [1.29, 1.82) is 0 Å². The number of aliphatic imine (C=N–C) groups is 1. The minimum absolute atomic E-state index is 0.187. The van der Waals surface area contributed by atoms with Gasteiger partial charge in [0, 0.05) is 44.7 Å². The van der Waals surface area contributed by atoms with Gasteiger partial charge in [-0.3, -0.25) is 9.59 Å². The number of rotatable bonds is 5. The van der Waals surface area contributed by atoms with E-state index in [0.717, 1.165) is 4.90 Å². The van der Waals surface area contributed by atoms with Gasteiger partial charge >= 0.3 is 6.18 Å². The van der Waals surface area contributed by atoms with Crippen molar-refractivity contribution < 1.29 is 27.5 Å². The largest absolute Gasteiger partial charge is 0.406 e. The van der Waals surface area contributed by atoms with Crippen molar-refractivity contribution in [2.75, 3.05) is 50.1 Å². The second-order valence-corrected chi connectivity index (χ2v) is 8.03. The minimum atomic E-state index is -4.51. The molecule has 0 atom stereocenters. The van der Waals surface area contributed by atoms with Gasteiger partial charge < -0.3 is 24.8 Å². The monoisotopic (exact) mass is 475 g/mol. The first-order chi connectivity index (χ1) is 16.2. The lowest BCUT2D eigenvalue weighted by molar-refractivity contribution is -0.140. The molecule has 4 rings (SSSR count). The number of halogens is 3. The lowest BCUT2D eigenvalue weighted by Gasteiger charge is -2.31. The van der Waals surface area contributed by atoms with Crippen LogP contribution >= 0.6 is 0 Å². The normalized spacial score (nSPS) is 19.4. The Labute approximate surface area is 194 Å². The molecule has 3 heterocycles. The van der Waals surface area contributed by atoms with E-state index in [1.165, 1.54) is 6.08 Å². The number of morpholine rings is 1. The summed E-state index contributed by atoms with van der Waals surface area (Å²) in [7, 11) is 1.74. The second kappa shape index (κ2) is 9.34. The minimum Gasteiger partial charge on any atom is -0.378 e. The molecule has 2 amide bonds. The van der Waals surface area contributed by atoms with Gasteiger partial charge in [0.05, 0.1) is 30.2 Å². The fourth-order valence-corrected chi connectivity index (χ4v) is 4.10. The summed E-state index contributed by atoms with van der Waals surface area (Å²) < 4.78 is 44.3. The van der Waals surface area contributed by atoms with Crippen LogP contribution in [0.15, 0.2) is 53.5 Å². The molecule has 1 N–H and O–H groups in total. The number of alkyl halides is 3. The average Bonchev–Trinajstić information content (AvgIpc) is 3.08. The fourth-order valence-electron chi connectivity index (χ4n) is 4.10. The molecule has 1 aromatic carbocycles. The Kier molecular flexibility index (Phi) is 6.47. The molecule has 0 bridgehead atoms. The summed E-state index contributed by atoms with van der Waals surface area (Å²) in [5, 5.41) is 2.86. The van der Waals surface area contributed by atoms with E-state index in [2.05, 4.69) is 16.9 Å². The summed E-state index contributed by atoms with van der Waals surface area (Å²) in [5.41, 5.74) is 1.79. The van der Waals surface area contributed by atoms with E-state index >= 15 is 0 Å². The summed E-state index contributed by atoms with van der Waals surface area (Å²) in [4.78, 5) is 34.5. The third kappa shape index (κ3) is 4.84. The van der Waals surface area contributed by atoms with Crippen molar-refractivity contribution in [3.63, 3.8) is 0 Å².